The maximum Gasteiger partial charge on any atom is 0.259 e. The summed E-state index contributed by atoms with van der Waals surface area (Å²) in [4.78, 5) is 21.0. The van der Waals surface area contributed by atoms with Crippen LogP contribution in [-0.2, 0) is 11.2 Å². The van der Waals surface area contributed by atoms with E-state index in [1.165, 1.54) is 0 Å². The number of ether oxygens (including phenoxy) is 1. The first kappa shape index (κ1) is 24.3. The highest BCUT2D eigenvalue weighted by molar-refractivity contribution is 5.88. The van der Waals surface area contributed by atoms with Gasteiger partial charge in [0.15, 0.2) is 5.78 Å². The molecule has 3 heterocycles. The molecule has 0 bridgehead atoms. The third-order valence-electron chi connectivity index (χ3n) is 5.43. The Morgan fingerprint density at radius 1 is 1.42 bits per heavy atom. The molecule has 1 aromatic carbocycles. The molecule has 0 radical (unpaired) electrons. The summed E-state index contributed by atoms with van der Waals surface area (Å²) in [7, 11) is 0. The van der Waals surface area contributed by atoms with E-state index in [0.717, 1.165) is 28.7 Å². The Kier molecular flexibility index (Phi) is 7.43. The van der Waals surface area contributed by atoms with E-state index in [0.29, 0.717) is 23.5 Å². The van der Waals surface area contributed by atoms with Gasteiger partial charge in [0.2, 0.25) is 11.7 Å². The molecule has 1 aliphatic rings. The number of nitrogens with one attached hydrogen (secondary N) is 1. The van der Waals surface area contributed by atoms with Crippen molar-refractivity contribution in [3.63, 3.8) is 0 Å². The first-order valence-electron chi connectivity index (χ1n) is 10.4. The quantitative estimate of drug-likeness (QED) is 0.558. The van der Waals surface area contributed by atoms with Crippen LogP contribution in [0.3, 0.4) is 0 Å². The van der Waals surface area contributed by atoms with Crippen molar-refractivity contribution in [1.29, 1.82) is 5.26 Å². The number of aromatic nitrogens is 3. The number of carbonyl (C=O) groups excluding carboxylic acids is 1. The zero-order valence-corrected chi connectivity index (χ0v) is 19.4. The number of rotatable bonds is 6. The number of nitrogens with zero attached hydrogens (tertiary/aromatic N) is 4. The summed E-state index contributed by atoms with van der Waals surface area (Å²) in [6, 6.07) is 7.14. The molecule has 9 nitrogen and oxygen atoms in total. The summed E-state index contributed by atoms with van der Waals surface area (Å²) in [6.07, 6.45) is 2.24. The first-order valence-corrected chi connectivity index (χ1v) is 10.4. The number of nitrogens with two attached hydrogens (primary N) is 1. The van der Waals surface area contributed by atoms with Gasteiger partial charge in [-0.25, -0.2) is 4.98 Å². The van der Waals surface area contributed by atoms with Crippen LogP contribution in [0.15, 0.2) is 28.9 Å². The average Bonchev–Trinajstić information content (AvgIpc) is 3.28. The maximum absolute atomic E-state index is 12.2. The molecular weight excluding hydrogens is 444 g/mol. The number of hydrogen-bond acceptors (Lipinski definition) is 9. The topological polar surface area (TPSA) is 140 Å². The number of ketones is 1. The van der Waals surface area contributed by atoms with Crippen molar-refractivity contribution in [3.8, 4) is 34.8 Å². The normalized spacial score (nSPS) is 14.8. The van der Waals surface area contributed by atoms with Crippen LogP contribution in [0.4, 0.5) is 0 Å². The van der Waals surface area contributed by atoms with Crippen molar-refractivity contribution < 1.29 is 14.1 Å². The van der Waals surface area contributed by atoms with Crippen LogP contribution in [0.1, 0.15) is 42.1 Å². The lowest BCUT2D eigenvalue weighted by Crippen LogP contribution is -2.38. The maximum atomic E-state index is 12.2. The Morgan fingerprint density at radius 2 is 2.21 bits per heavy atom. The molecule has 0 fully saturated rings. The molecule has 1 unspecified atom stereocenters. The van der Waals surface area contributed by atoms with Gasteiger partial charge < -0.3 is 20.3 Å². The van der Waals surface area contributed by atoms with Crippen LogP contribution in [0.5, 0.6) is 5.88 Å². The number of fused-ring (bicyclic) bond motifs is 1. The van der Waals surface area contributed by atoms with Gasteiger partial charge in [-0.1, -0.05) is 17.3 Å². The summed E-state index contributed by atoms with van der Waals surface area (Å²) in [5.41, 5.74) is 10.3. The Bertz CT molecular complexity index is 1220. The molecule has 4 rings (SSSR count). The number of halogens is 1. The number of nitriles is 1. The molecule has 1 atom stereocenters. The van der Waals surface area contributed by atoms with Crippen LogP contribution in [0.25, 0.3) is 22.8 Å². The lowest BCUT2D eigenvalue weighted by atomic mass is 9.86. The van der Waals surface area contributed by atoms with E-state index in [1.54, 1.807) is 12.3 Å². The average molecular weight is 469 g/mol. The third kappa shape index (κ3) is 4.73. The van der Waals surface area contributed by atoms with Gasteiger partial charge in [-0.2, -0.15) is 10.2 Å². The standard InChI is InChI=1S/C23H24N6O3.ClH/c1-12(2)31-22-14(9-24)8-15(11-27-22)23-28-21(29-32-23)17-4-5-18-16(13(17)3)6-7-26-20(18)19(30)10-25;/h4-5,8,11-12,20,26H,6-7,10,25H2,1-3H3;1H. The summed E-state index contributed by atoms with van der Waals surface area (Å²) in [5, 5.41) is 16.8. The molecule has 3 aromatic rings. The van der Waals surface area contributed by atoms with Crippen LogP contribution in [-0.4, -0.2) is 40.1 Å². The van der Waals surface area contributed by atoms with Gasteiger partial charge in [0, 0.05) is 18.3 Å². The van der Waals surface area contributed by atoms with Gasteiger partial charge in [0.05, 0.1) is 24.3 Å². The van der Waals surface area contributed by atoms with Crippen molar-refractivity contribution >= 4 is 18.2 Å². The third-order valence-corrected chi connectivity index (χ3v) is 5.43. The fourth-order valence-electron chi connectivity index (χ4n) is 3.90. The lowest BCUT2D eigenvalue weighted by molar-refractivity contribution is -0.120. The fraction of sp³-hybridized carbons (Fsp3) is 0.348. The van der Waals surface area contributed by atoms with Crippen LogP contribution < -0.4 is 15.8 Å². The highest BCUT2D eigenvalue weighted by atomic mass is 35.5. The number of benzene rings is 1. The number of hydrogen-bond donors (Lipinski definition) is 2. The fourth-order valence-corrected chi connectivity index (χ4v) is 3.90. The van der Waals surface area contributed by atoms with E-state index in [-0.39, 0.29) is 48.7 Å². The van der Waals surface area contributed by atoms with Crippen molar-refractivity contribution in [2.24, 2.45) is 5.73 Å². The summed E-state index contributed by atoms with van der Waals surface area (Å²) < 4.78 is 11.0. The molecule has 1 aliphatic heterocycles. The minimum Gasteiger partial charge on any atom is -0.474 e. The van der Waals surface area contributed by atoms with E-state index in [1.807, 2.05) is 32.9 Å². The molecule has 0 aliphatic carbocycles. The second kappa shape index (κ2) is 10.1. The summed E-state index contributed by atoms with van der Waals surface area (Å²) >= 11 is 0. The van der Waals surface area contributed by atoms with E-state index >= 15 is 0 Å². The predicted octanol–water partition coefficient (Wildman–Crippen LogP) is 2.90. The first-order chi connectivity index (χ1) is 15.4. The molecule has 33 heavy (non-hydrogen) atoms. The van der Waals surface area contributed by atoms with Gasteiger partial charge in [-0.3, -0.25) is 4.79 Å². The molecular formula is C23H25ClN6O3. The van der Waals surface area contributed by atoms with E-state index in [9.17, 15) is 10.1 Å². The summed E-state index contributed by atoms with van der Waals surface area (Å²) in [6.45, 7) is 6.41. The summed E-state index contributed by atoms with van der Waals surface area (Å²) in [5.74, 6) is 0.925. The van der Waals surface area contributed by atoms with Crippen LogP contribution in [0, 0.1) is 18.3 Å². The Morgan fingerprint density at radius 3 is 2.91 bits per heavy atom. The minimum atomic E-state index is -0.389. The van der Waals surface area contributed by atoms with Crippen molar-refractivity contribution in [3.05, 3.63) is 46.6 Å². The lowest BCUT2D eigenvalue weighted by Gasteiger charge is -2.27. The van der Waals surface area contributed by atoms with E-state index in [2.05, 4.69) is 26.5 Å². The van der Waals surface area contributed by atoms with Crippen LogP contribution in [0.2, 0.25) is 0 Å². The molecule has 3 N–H and O–H groups in total. The van der Waals surface area contributed by atoms with Crippen molar-refractivity contribution in [2.45, 2.75) is 39.3 Å². The molecule has 0 saturated heterocycles. The predicted molar refractivity (Wildman–Crippen MR) is 124 cm³/mol. The number of carbonyl (C=O) groups is 1. The zero-order chi connectivity index (χ0) is 22.8. The highest BCUT2D eigenvalue weighted by Crippen LogP contribution is 2.33. The smallest absolute Gasteiger partial charge is 0.259 e. The van der Waals surface area contributed by atoms with Crippen LogP contribution >= 0.6 is 12.4 Å². The second-order valence-corrected chi connectivity index (χ2v) is 7.89. The molecule has 0 saturated carbocycles. The number of pyridine rings is 1. The largest absolute Gasteiger partial charge is 0.474 e. The number of Topliss-reactive ketones (excluding diaryl/α,β-unsaturated/α-hetero) is 1. The Hall–Kier alpha value is -3.32. The zero-order valence-electron chi connectivity index (χ0n) is 18.6. The van der Waals surface area contributed by atoms with E-state index < -0.39 is 0 Å². The molecule has 0 spiro atoms. The van der Waals surface area contributed by atoms with E-state index in [4.69, 9.17) is 15.0 Å². The second-order valence-electron chi connectivity index (χ2n) is 7.89. The van der Waals surface area contributed by atoms with Gasteiger partial charge >= 0.3 is 0 Å². The highest BCUT2D eigenvalue weighted by Gasteiger charge is 2.27. The molecule has 172 valence electrons. The van der Waals surface area contributed by atoms with Gasteiger partial charge in [-0.05, 0) is 49.9 Å². The molecule has 2 aromatic heterocycles. The van der Waals surface area contributed by atoms with Crippen molar-refractivity contribution in [1.82, 2.24) is 20.4 Å². The van der Waals surface area contributed by atoms with Crippen molar-refractivity contribution in [2.75, 3.05) is 13.1 Å². The SMILES string of the molecule is Cc1c(-c2noc(-c3cnc(OC(C)C)c(C#N)c3)n2)ccc2c1CCNC2C(=O)CN.Cl. The molecule has 10 heteroatoms. The molecule has 0 amide bonds. The van der Waals surface area contributed by atoms with Gasteiger partial charge in [-0.15, -0.1) is 12.4 Å². The Labute approximate surface area is 197 Å². The van der Waals surface area contributed by atoms with Gasteiger partial charge in [0.1, 0.15) is 11.6 Å². The van der Waals surface area contributed by atoms with Gasteiger partial charge in [0.25, 0.3) is 5.89 Å². The Balaban J connectivity index is 0.00000306. The minimum absolute atomic E-state index is 0. The monoisotopic (exact) mass is 468 g/mol.